The second-order valence-electron chi connectivity index (χ2n) is 5.52. The van der Waals surface area contributed by atoms with Crippen molar-refractivity contribution in [1.29, 1.82) is 0 Å². The molecule has 0 nitrogen and oxygen atoms in total. The predicted octanol–water partition coefficient (Wildman–Crippen LogP) is 5.55. The molecule has 0 fully saturated rings. The predicted molar refractivity (Wildman–Crippen MR) is 82.8 cm³/mol. The number of hydrogen-bond acceptors (Lipinski definition) is 0. The molecule has 0 unspecified atom stereocenters. The molecule has 100 valence electrons. The van der Waals surface area contributed by atoms with E-state index in [4.69, 9.17) is 0 Å². The van der Waals surface area contributed by atoms with Crippen molar-refractivity contribution in [3.8, 4) is 0 Å². The van der Waals surface area contributed by atoms with Crippen LogP contribution >= 0.6 is 7.26 Å². The Morgan fingerprint density at radius 3 is 1.38 bits per heavy atom. The topological polar surface area (TPSA) is 0 Å². The van der Waals surface area contributed by atoms with Gasteiger partial charge in [-0.25, -0.2) is 0 Å². The first-order valence-electron chi connectivity index (χ1n) is 7.74. The summed E-state index contributed by atoms with van der Waals surface area (Å²) in [5.74, 6) is 0. The monoisotopic (exact) mass is 246 g/mol. The van der Waals surface area contributed by atoms with E-state index in [1.807, 2.05) is 0 Å². The minimum absolute atomic E-state index is 0.844. The van der Waals surface area contributed by atoms with E-state index >= 15 is 0 Å². The van der Waals surface area contributed by atoms with E-state index < -0.39 is 7.26 Å². The third-order valence-electron chi connectivity index (χ3n) is 4.15. The Kier molecular flexibility index (Phi) is 10.9. The standard InChI is InChI=1S/C15H35P/c1-5-9-11-14-16(8-4,13-7-3)15-12-10-6-2/h16H,5-15H2,1-4H3. The zero-order valence-corrected chi connectivity index (χ0v) is 13.3. The molecule has 0 radical (unpaired) electrons. The van der Waals surface area contributed by atoms with Gasteiger partial charge in [0.15, 0.2) is 0 Å². The summed E-state index contributed by atoms with van der Waals surface area (Å²) in [5, 5.41) is 0. The molecule has 1 heteroatoms. The van der Waals surface area contributed by atoms with Crippen LogP contribution in [0.15, 0.2) is 0 Å². The van der Waals surface area contributed by atoms with Gasteiger partial charge in [0.2, 0.25) is 0 Å². The van der Waals surface area contributed by atoms with Gasteiger partial charge in [-0.3, -0.25) is 0 Å². The maximum absolute atomic E-state index is 2.47. The number of rotatable bonds is 11. The van der Waals surface area contributed by atoms with Crippen molar-refractivity contribution in [1.82, 2.24) is 0 Å². The molecule has 0 amide bonds. The Balaban J connectivity index is 4.09. The summed E-state index contributed by atoms with van der Waals surface area (Å²) in [5.41, 5.74) is 0. The fourth-order valence-electron chi connectivity index (χ4n) is 2.94. The molecule has 0 aliphatic heterocycles. The van der Waals surface area contributed by atoms with Crippen molar-refractivity contribution in [3.63, 3.8) is 0 Å². The maximum atomic E-state index is 2.47. The third-order valence-corrected chi connectivity index (χ3v) is 10.0. The van der Waals surface area contributed by atoms with Crippen LogP contribution < -0.4 is 0 Å². The van der Waals surface area contributed by atoms with Gasteiger partial charge in [-0.05, 0) is 0 Å². The van der Waals surface area contributed by atoms with Gasteiger partial charge < -0.3 is 0 Å². The number of unbranched alkanes of at least 4 members (excludes halogenated alkanes) is 4. The van der Waals surface area contributed by atoms with Crippen LogP contribution in [-0.2, 0) is 0 Å². The summed E-state index contributed by atoms with van der Waals surface area (Å²) in [4.78, 5) is 0. The summed E-state index contributed by atoms with van der Waals surface area (Å²) >= 11 is 0. The molecule has 0 saturated carbocycles. The van der Waals surface area contributed by atoms with Crippen molar-refractivity contribution in [2.24, 2.45) is 0 Å². The molecule has 0 saturated heterocycles. The molecule has 0 bridgehead atoms. The van der Waals surface area contributed by atoms with Crippen LogP contribution in [0.4, 0.5) is 0 Å². The van der Waals surface area contributed by atoms with Crippen molar-refractivity contribution >= 4 is 7.26 Å². The van der Waals surface area contributed by atoms with Crippen LogP contribution in [0.1, 0.15) is 72.6 Å². The fourth-order valence-corrected chi connectivity index (χ4v) is 7.81. The van der Waals surface area contributed by atoms with E-state index in [-0.39, 0.29) is 0 Å². The minimum atomic E-state index is -0.844. The van der Waals surface area contributed by atoms with E-state index in [0.29, 0.717) is 0 Å². The molecule has 0 rings (SSSR count). The van der Waals surface area contributed by atoms with E-state index in [1.165, 1.54) is 51.1 Å². The van der Waals surface area contributed by atoms with Crippen LogP contribution in [0, 0.1) is 0 Å². The van der Waals surface area contributed by atoms with Gasteiger partial charge in [-0.15, -0.1) is 0 Å². The summed E-state index contributed by atoms with van der Waals surface area (Å²) in [6, 6.07) is 0. The van der Waals surface area contributed by atoms with Crippen LogP contribution in [-0.4, -0.2) is 24.6 Å². The van der Waals surface area contributed by atoms with Crippen LogP contribution in [0.2, 0.25) is 0 Å². The zero-order chi connectivity index (χ0) is 12.3. The van der Waals surface area contributed by atoms with E-state index in [0.717, 1.165) is 0 Å². The molecular weight excluding hydrogens is 211 g/mol. The van der Waals surface area contributed by atoms with E-state index in [1.54, 1.807) is 18.5 Å². The molecule has 0 aromatic rings. The molecule has 0 aromatic carbocycles. The molecule has 0 heterocycles. The summed E-state index contributed by atoms with van der Waals surface area (Å²) in [6.45, 7) is 9.51. The Morgan fingerprint density at radius 2 is 1.06 bits per heavy atom. The summed E-state index contributed by atoms with van der Waals surface area (Å²) in [6.07, 6.45) is 16.5. The SMILES string of the molecule is CCCCC[PH](CC)(CCC)CCCCC. The van der Waals surface area contributed by atoms with Crippen molar-refractivity contribution < 1.29 is 0 Å². The molecule has 0 atom stereocenters. The van der Waals surface area contributed by atoms with Gasteiger partial charge in [0.1, 0.15) is 0 Å². The van der Waals surface area contributed by atoms with Crippen molar-refractivity contribution in [2.45, 2.75) is 72.6 Å². The Labute approximate surface area is 105 Å². The number of hydrogen-bond donors (Lipinski definition) is 0. The summed E-state index contributed by atoms with van der Waals surface area (Å²) < 4.78 is 0. The van der Waals surface area contributed by atoms with Crippen molar-refractivity contribution in [2.75, 3.05) is 24.6 Å². The van der Waals surface area contributed by atoms with Gasteiger partial charge in [0, 0.05) is 0 Å². The van der Waals surface area contributed by atoms with Gasteiger partial charge in [-0.1, -0.05) is 0 Å². The zero-order valence-electron chi connectivity index (χ0n) is 12.3. The Bertz CT molecular complexity index is 132. The van der Waals surface area contributed by atoms with E-state index in [2.05, 4.69) is 27.7 Å². The van der Waals surface area contributed by atoms with Crippen LogP contribution in [0.25, 0.3) is 0 Å². The third kappa shape index (κ3) is 6.89. The summed E-state index contributed by atoms with van der Waals surface area (Å²) in [7, 11) is -0.844. The first kappa shape index (κ1) is 16.4. The molecule has 0 aromatic heterocycles. The molecule has 0 aliphatic rings. The van der Waals surface area contributed by atoms with Crippen LogP contribution in [0.5, 0.6) is 0 Å². The Hall–Kier alpha value is 0.430. The molecule has 0 spiro atoms. The molecule has 16 heavy (non-hydrogen) atoms. The first-order chi connectivity index (χ1) is 7.74. The normalized spacial score (nSPS) is 13.0. The Morgan fingerprint density at radius 1 is 0.562 bits per heavy atom. The second-order valence-corrected chi connectivity index (χ2v) is 10.7. The molecular formula is C15H35P. The van der Waals surface area contributed by atoms with Gasteiger partial charge in [0.05, 0.1) is 0 Å². The molecule has 0 N–H and O–H groups in total. The first-order valence-corrected chi connectivity index (χ1v) is 10.6. The van der Waals surface area contributed by atoms with Gasteiger partial charge >= 0.3 is 105 Å². The molecule has 0 aliphatic carbocycles. The van der Waals surface area contributed by atoms with Crippen LogP contribution in [0.3, 0.4) is 0 Å². The van der Waals surface area contributed by atoms with Gasteiger partial charge in [0.25, 0.3) is 0 Å². The van der Waals surface area contributed by atoms with Crippen molar-refractivity contribution in [3.05, 3.63) is 0 Å². The average molecular weight is 246 g/mol. The van der Waals surface area contributed by atoms with E-state index in [9.17, 15) is 0 Å². The van der Waals surface area contributed by atoms with Gasteiger partial charge in [-0.2, -0.15) is 0 Å². The quantitative estimate of drug-likeness (QED) is 0.331. The average Bonchev–Trinajstić information content (AvgIpc) is 2.29. The fraction of sp³-hybridized carbons (Fsp3) is 1.00. The second kappa shape index (κ2) is 10.6.